The number of esters is 1. The number of aliphatic hydroxyl groups excluding tert-OH is 1. The second-order valence-corrected chi connectivity index (χ2v) is 9.22. The molecule has 1 saturated carbocycles. The van der Waals surface area contributed by atoms with Crippen LogP contribution in [0.5, 0.6) is 0 Å². The normalized spacial score (nSPS) is 30.3. The molecular formula is C21H18BrCl2NO4. The van der Waals surface area contributed by atoms with Crippen LogP contribution in [0.25, 0.3) is 0 Å². The van der Waals surface area contributed by atoms with E-state index in [1.54, 1.807) is 56.3 Å². The van der Waals surface area contributed by atoms with E-state index in [0.717, 1.165) is 4.47 Å². The smallest absolute Gasteiger partial charge is 0.318 e. The molecule has 0 bridgehead atoms. The van der Waals surface area contributed by atoms with Crippen LogP contribution in [-0.2, 0) is 19.7 Å². The topological polar surface area (TPSA) is 66.8 Å². The van der Waals surface area contributed by atoms with Crippen molar-refractivity contribution in [1.82, 2.24) is 0 Å². The molecule has 2 aliphatic rings. The summed E-state index contributed by atoms with van der Waals surface area (Å²) in [7, 11) is 0. The van der Waals surface area contributed by atoms with E-state index in [-0.39, 0.29) is 12.5 Å². The number of benzene rings is 2. The molecule has 1 aliphatic heterocycles. The lowest BCUT2D eigenvalue weighted by atomic mass is 9.84. The fourth-order valence-corrected chi connectivity index (χ4v) is 5.62. The number of fused-ring (bicyclic) bond motifs is 1. The fourth-order valence-electron chi connectivity index (χ4n) is 4.84. The van der Waals surface area contributed by atoms with Gasteiger partial charge < -0.3 is 9.84 Å². The lowest BCUT2D eigenvalue weighted by Gasteiger charge is -2.31. The highest BCUT2D eigenvalue weighted by atomic mass is 79.9. The van der Waals surface area contributed by atoms with Crippen LogP contribution >= 0.6 is 39.1 Å². The predicted octanol–water partition coefficient (Wildman–Crippen LogP) is 4.56. The molecule has 1 aliphatic carbocycles. The van der Waals surface area contributed by atoms with Crippen LogP contribution < -0.4 is 4.90 Å². The number of piperidine rings is 1. The Bertz CT molecular complexity index is 994. The first-order valence-corrected chi connectivity index (χ1v) is 10.7. The summed E-state index contributed by atoms with van der Waals surface area (Å²) in [6.45, 7) is 3.60. The number of ether oxygens (including phenoxy) is 1. The third-order valence-electron chi connectivity index (χ3n) is 6.07. The fraction of sp³-hybridized carbons (Fsp3) is 0.333. The Morgan fingerprint density at radius 3 is 2.28 bits per heavy atom. The molecule has 1 heterocycles. The van der Waals surface area contributed by atoms with Crippen LogP contribution in [0.2, 0.25) is 10.0 Å². The minimum absolute atomic E-state index is 0.178. The van der Waals surface area contributed by atoms with E-state index < -0.39 is 28.9 Å². The summed E-state index contributed by atoms with van der Waals surface area (Å²) in [6.07, 6.45) is -1.23. The first kappa shape index (κ1) is 20.7. The van der Waals surface area contributed by atoms with Gasteiger partial charge >= 0.3 is 5.97 Å². The van der Waals surface area contributed by atoms with Crippen molar-refractivity contribution in [1.29, 1.82) is 0 Å². The molecule has 2 aromatic rings. The summed E-state index contributed by atoms with van der Waals surface area (Å²) in [5.41, 5.74) is -1.37. The van der Waals surface area contributed by atoms with Crippen molar-refractivity contribution in [3.63, 3.8) is 0 Å². The average molecular weight is 499 g/mol. The summed E-state index contributed by atoms with van der Waals surface area (Å²) < 4.78 is 6.20. The Morgan fingerprint density at radius 2 is 1.79 bits per heavy atom. The number of aliphatic hydroxyl groups is 1. The van der Waals surface area contributed by atoms with Crippen molar-refractivity contribution in [3.05, 3.63) is 62.5 Å². The largest absolute Gasteiger partial charge is 0.465 e. The first-order valence-electron chi connectivity index (χ1n) is 9.10. The molecule has 1 saturated heterocycles. The lowest BCUT2D eigenvalue weighted by molar-refractivity contribution is -0.150. The van der Waals surface area contributed by atoms with E-state index in [4.69, 9.17) is 27.9 Å². The Balaban J connectivity index is 1.82. The molecule has 5 nitrogen and oxygen atoms in total. The van der Waals surface area contributed by atoms with Crippen molar-refractivity contribution < 1.29 is 19.4 Å². The minimum Gasteiger partial charge on any atom is -0.465 e. The van der Waals surface area contributed by atoms with E-state index in [9.17, 15) is 14.7 Å². The van der Waals surface area contributed by atoms with Gasteiger partial charge in [0, 0.05) is 26.1 Å². The lowest BCUT2D eigenvalue weighted by Crippen LogP contribution is -2.47. The van der Waals surface area contributed by atoms with Crippen LogP contribution in [0.1, 0.15) is 19.4 Å². The number of amides is 1. The number of halogens is 3. The number of carbonyl (C=O) groups excluding carboxylic acids is 2. The Labute approximate surface area is 186 Å². The van der Waals surface area contributed by atoms with Crippen LogP contribution in [0.3, 0.4) is 0 Å². The highest BCUT2D eigenvalue weighted by Gasteiger charge is 2.89. The van der Waals surface area contributed by atoms with Gasteiger partial charge in [-0.1, -0.05) is 51.3 Å². The second-order valence-electron chi connectivity index (χ2n) is 7.43. The van der Waals surface area contributed by atoms with Gasteiger partial charge in [0.05, 0.1) is 12.0 Å². The van der Waals surface area contributed by atoms with Gasteiger partial charge in [0.15, 0.2) is 0 Å². The van der Waals surface area contributed by atoms with Gasteiger partial charge in [-0.05, 0) is 49.7 Å². The molecule has 2 aromatic carbocycles. The number of nitrogens with zero attached hydrogens (tertiary/aromatic N) is 1. The summed E-state index contributed by atoms with van der Waals surface area (Å²) >= 11 is 15.6. The molecule has 0 radical (unpaired) electrons. The Kier molecular flexibility index (Phi) is 4.97. The van der Waals surface area contributed by atoms with Crippen molar-refractivity contribution >= 4 is 56.7 Å². The van der Waals surface area contributed by atoms with Crippen LogP contribution in [0.15, 0.2) is 46.9 Å². The van der Waals surface area contributed by atoms with Gasteiger partial charge in [-0.15, -0.1) is 0 Å². The van der Waals surface area contributed by atoms with Crippen molar-refractivity contribution in [2.24, 2.45) is 11.3 Å². The number of hydrogen-bond donors (Lipinski definition) is 1. The van der Waals surface area contributed by atoms with Crippen molar-refractivity contribution in [3.8, 4) is 0 Å². The molecule has 4 rings (SSSR count). The van der Waals surface area contributed by atoms with Crippen LogP contribution in [0, 0.1) is 11.3 Å². The molecule has 29 heavy (non-hydrogen) atoms. The van der Waals surface area contributed by atoms with E-state index in [0.29, 0.717) is 21.3 Å². The molecule has 0 aromatic heterocycles. The molecule has 1 N–H and O–H groups in total. The Morgan fingerprint density at radius 1 is 1.21 bits per heavy atom. The number of rotatable bonds is 4. The summed E-state index contributed by atoms with van der Waals surface area (Å²) in [5.74, 6) is -1.55. The monoisotopic (exact) mass is 497 g/mol. The number of anilines is 1. The maximum atomic E-state index is 13.5. The summed E-state index contributed by atoms with van der Waals surface area (Å²) in [4.78, 5) is 27.9. The van der Waals surface area contributed by atoms with Gasteiger partial charge in [0.1, 0.15) is 11.6 Å². The second kappa shape index (κ2) is 6.98. The highest BCUT2D eigenvalue weighted by molar-refractivity contribution is 9.10. The zero-order valence-corrected chi connectivity index (χ0v) is 18.8. The van der Waals surface area contributed by atoms with Crippen molar-refractivity contribution in [2.75, 3.05) is 11.5 Å². The van der Waals surface area contributed by atoms with E-state index in [1.807, 2.05) is 0 Å². The SMILES string of the molecule is CCOC(=O)[C@@]1(c2ccc(Br)cc2)[C@@H]2C(O)N(c3cc(Cl)cc(Cl)c3)C(=O)[C@@]21C. The van der Waals surface area contributed by atoms with Gasteiger partial charge in [0.2, 0.25) is 5.91 Å². The van der Waals surface area contributed by atoms with Gasteiger partial charge in [-0.25, -0.2) is 0 Å². The van der Waals surface area contributed by atoms with E-state index in [1.165, 1.54) is 4.90 Å². The zero-order chi connectivity index (χ0) is 21.1. The summed E-state index contributed by atoms with van der Waals surface area (Å²) in [5, 5.41) is 11.8. The quantitative estimate of drug-likeness (QED) is 0.627. The van der Waals surface area contributed by atoms with Crippen molar-refractivity contribution in [2.45, 2.75) is 25.5 Å². The van der Waals surface area contributed by atoms with Gasteiger partial charge in [-0.2, -0.15) is 0 Å². The minimum atomic E-state index is -1.25. The molecule has 4 atom stereocenters. The average Bonchev–Trinajstić information content (AvgIpc) is 3.17. The Hall–Kier alpha value is -1.60. The molecular weight excluding hydrogens is 481 g/mol. The maximum Gasteiger partial charge on any atom is 0.318 e. The van der Waals surface area contributed by atoms with E-state index in [2.05, 4.69) is 15.9 Å². The first-order chi connectivity index (χ1) is 13.7. The molecule has 152 valence electrons. The number of hydrogen-bond acceptors (Lipinski definition) is 4. The number of carbonyl (C=O) groups is 2. The third-order valence-corrected chi connectivity index (χ3v) is 7.04. The molecule has 0 spiro atoms. The zero-order valence-electron chi connectivity index (χ0n) is 15.7. The third kappa shape index (κ3) is 2.69. The molecule has 1 unspecified atom stereocenters. The standard InChI is InChI=1S/C21H18BrCl2NO4/c1-3-29-19(28)21(11-4-6-12(22)7-5-11)16-17(26)25(18(27)20(16,21)2)15-9-13(23)8-14(24)10-15/h4-10,16-17,26H,3H2,1-2H3/t16-,17?,20-,21-/m1/s1. The maximum absolute atomic E-state index is 13.5. The summed E-state index contributed by atoms with van der Waals surface area (Å²) in [6, 6.07) is 11.9. The molecule has 1 amide bonds. The molecule has 8 heteroatoms. The van der Waals surface area contributed by atoms with Gasteiger partial charge in [-0.3, -0.25) is 14.5 Å². The molecule has 2 fully saturated rings. The van der Waals surface area contributed by atoms with Gasteiger partial charge in [0.25, 0.3) is 0 Å². The van der Waals surface area contributed by atoms with Crippen LogP contribution in [0.4, 0.5) is 5.69 Å². The predicted molar refractivity (Wildman–Crippen MR) is 114 cm³/mol. The van der Waals surface area contributed by atoms with Crippen LogP contribution in [-0.4, -0.2) is 29.8 Å². The highest BCUT2D eigenvalue weighted by Crippen LogP contribution is 2.75. The van der Waals surface area contributed by atoms with E-state index >= 15 is 0 Å².